The Bertz CT molecular complexity index is 159. The predicted octanol–water partition coefficient (Wildman–Crippen LogP) is -0.151. The minimum Gasteiger partial charge on any atom is -0.368 e. The SMILES string of the molecule is CCCC(O[N+](=O)[O-])C(N)=O. The van der Waals surface area contributed by atoms with Gasteiger partial charge in [0, 0.05) is 0 Å². The Morgan fingerprint density at radius 2 is 2.36 bits per heavy atom. The molecule has 2 N–H and O–H groups in total. The van der Waals surface area contributed by atoms with E-state index in [1.54, 1.807) is 6.92 Å². The van der Waals surface area contributed by atoms with Gasteiger partial charge >= 0.3 is 0 Å². The molecule has 0 aromatic carbocycles. The Kier molecular flexibility index (Phi) is 3.94. The summed E-state index contributed by atoms with van der Waals surface area (Å²) in [6.07, 6.45) is -0.215. The number of amides is 1. The molecule has 64 valence electrons. The van der Waals surface area contributed by atoms with Crippen LogP contribution in [0.4, 0.5) is 0 Å². The molecule has 0 aliphatic rings. The zero-order valence-electron chi connectivity index (χ0n) is 6.15. The Morgan fingerprint density at radius 1 is 1.82 bits per heavy atom. The average Bonchev–Trinajstić information content (AvgIpc) is 1.86. The molecule has 0 aromatic heterocycles. The van der Waals surface area contributed by atoms with E-state index < -0.39 is 17.1 Å². The minimum absolute atomic E-state index is 0.274. The van der Waals surface area contributed by atoms with Crippen LogP contribution in [0.1, 0.15) is 19.8 Å². The van der Waals surface area contributed by atoms with Crippen molar-refractivity contribution >= 4 is 5.91 Å². The lowest BCUT2D eigenvalue weighted by Crippen LogP contribution is -2.32. The van der Waals surface area contributed by atoms with Crippen LogP contribution in [0.5, 0.6) is 0 Å². The van der Waals surface area contributed by atoms with Crippen molar-refractivity contribution in [2.24, 2.45) is 5.73 Å². The first kappa shape index (κ1) is 9.67. The van der Waals surface area contributed by atoms with E-state index in [9.17, 15) is 14.9 Å². The van der Waals surface area contributed by atoms with Gasteiger partial charge in [0.15, 0.2) is 6.10 Å². The van der Waals surface area contributed by atoms with Crippen molar-refractivity contribution in [2.45, 2.75) is 25.9 Å². The van der Waals surface area contributed by atoms with Gasteiger partial charge in [-0.25, -0.2) is 0 Å². The number of nitrogens with two attached hydrogens (primary N) is 1. The van der Waals surface area contributed by atoms with Gasteiger partial charge in [0.05, 0.1) is 0 Å². The van der Waals surface area contributed by atoms with E-state index >= 15 is 0 Å². The van der Waals surface area contributed by atoms with E-state index in [0.29, 0.717) is 6.42 Å². The zero-order chi connectivity index (χ0) is 8.85. The molecule has 0 rings (SSSR count). The van der Waals surface area contributed by atoms with Gasteiger partial charge in [0.25, 0.3) is 5.09 Å². The molecular weight excluding hydrogens is 152 g/mol. The lowest BCUT2D eigenvalue weighted by Gasteiger charge is -2.08. The van der Waals surface area contributed by atoms with E-state index in [4.69, 9.17) is 5.73 Å². The third-order valence-electron chi connectivity index (χ3n) is 1.08. The van der Waals surface area contributed by atoms with Crippen molar-refractivity contribution in [3.05, 3.63) is 10.1 Å². The average molecular weight is 162 g/mol. The second-order valence-corrected chi connectivity index (χ2v) is 2.01. The zero-order valence-corrected chi connectivity index (χ0v) is 6.15. The Hall–Kier alpha value is -1.33. The van der Waals surface area contributed by atoms with E-state index in [1.165, 1.54) is 0 Å². The summed E-state index contributed by atoms with van der Waals surface area (Å²) in [5.41, 5.74) is 4.80. The maximum absolute atomic E-state index is 10.4. The summed E-state index contributed by atoms with van der Waals surface area (Å²) in [4.78, 5) is 24.2. The van der Waals surface area contributed by atoms with Crippen molar-refractivity contribution < 1.29 is 14.7 Å². The van der Waals surface area contributed by atoms with Crippen molar-refractivity contribution in [3.8, 4) is 0 Å². The van der Waals surface area contributed by atoms with Crippen molar-refractivity contribution in [3.63, 3.8) is 0 Å². The maximum Gasteiger partial charge on any atom is 0.295 e. The second-order valence-electron chi connectivity index (χ2n) is 2.01. The monoisotopic (exact) mass is 162 g/mol. The highest BCUT2D eigenvalue weighted by molar-refractivity contribution is 5.78. The lowest BCUT2D eigenvalue weighted by atomic mass is 10.2. The fourth-order valence-electron chi connectivity index (χ4n) is 0.613. The summed E-state index contributed by atoms with van der Waals surface area (Å²) in [7, 11) is 0. The maximum atomic E-state index is 10.4. The molecule has 0 aliphatic carbocycles. The van der Waals surface area contributed by atoms with E-state index in [1.807, 2.05) is 0 Å². The molecule has 0 fully saturated rings. The molecule has 0 saturated heterocycles. The molecule has 0 radical (unpaired) electrons. The van der Waals surface area contributed by atoms with Gasteiger partial charge in [-0.05, 0) is 6.42 Å². The van der Waals surface area contributed by atoms with Gasteiger partial charge < -0.3 is 10.6 Å². The fraction of sp³-hybridized carbons (Fsp3) is 0.800. The highest BCUT2D eigenvalue weighted by Gasteiger charge is 2.17. The van der Waals surface area contributed by atoms with Crippen LogP contribution in [0.2, 0.25) is 0 Å². The smallest absolute Gasteiger partial charge is 0.295 e. The lowest BCUT2D eigenvalue weighted by molar-refractivity contribution is -0.764. The molecular formula is C5H10N2O4. The van der Waals surface area contributed by atoms with Gasteiger partial charge in [-0.1, -0.05) is 13.3 Å². The highest BCUT2D eigenvalue weighted by Crippen LogP contribution is 2.00. The molecule has 1 atom stereocenters. The Labute approximate surface area is 63.4 Å². The fourth-order valence-corrected chi connectivity index (χ4v) is 0.613. The number of carbonyl (C=O) groups is 1. The van der Waals surface area contributed by atoms with Crippen LogP contribution < -0.4 is 5.73 Å². The topological polar surface area (TPSA) is 95.5 Å². The summed E-state index contributed by atoms with van der Waals surface area (Å²) in [6, 6.07) is 0. The largest absolute Gasteiger partial charge is 0.368 e. The van der Waals surface area contributed by atoms with Gasteiger partial charge in [0.1, 0.15) is 0 Å². The number of rotatable bonds is 5. The van der Waals surface area contributed by atoms with Gasteiger partial charge in [-0.3, -0.25) is 4.79 Å². The van der Waals surface area contributed by atoms with Crippen LogP contribution in [0, 0.1) is 10.1 Å². The van der Waals surface area contributed by atoms with Gasteiger partial charge in [-0.15, -0.1) is 10.1 Å². The summed E-state index contributed by atoms with van der Waals surface area (Å²) in [5, 5.41) is 8.76. The highest BCUT2D eigenvalue weighted by atomic mass is 17.0. The van der Waals surface area contributed by atoms with Crippen LogP contribution in [0.25, 0.3) is 0 Å². The molecule has 6 nitrogen and oxygen atoms in total. The quantitative estimate of drug-likeness (QED) is 0.449. The normalized spacial score (nSPS) is 12.1. The Morgan fingerprint density at radius 3 is 2.64 bits per heavy atom. The van der Waals surface area contributed by atoms with Crippen LogP contribution >= 0.6 is 0 Å². The Balaban J connectivity index is 3.89. The van der Waals surface area contributed by atoms with Gasteiger partial charge in [-0.2, -0.15) is 0 Å². The summed E-state index contributed by atoms with van der Waals surface area (Å²) >= 11 is 0. The number of hydrogen-bond acceptors (Lipinski definition) is 4. The second kappa shape index (κ2) is 4.48. The number of carbonyl (C=O) groups excluding carboxylic acids is 1. The minimum atomic E-state index is -1.10. The molecule has 1 unspecified atom stereocenters. The van der Waals surface area contributed by atoms with Crippen molar-refractivity contribution in [1.82, 2.24) is 0 Å². The first-order valence-electron chi connectivity index (χ1n) is 3.18. The van der Waals surface area contributed by atoms with Crippen molar-refractivity contribution in [1.29, 1.82) is 0 Å². The van der Waals surface area contributed by atoms with Crippen LogP contribution in [0.15, 0.2) is 0 Å². The number of hydrogen-bond donors (Lipinski definition) is 1. The summed E-state index contributed by atoms with van der Waals surface area (Å²) in [5.74, 6) is -0.802. The number of nitrogens with zero attached hydrogens (tertiary/aromatic N) is 1. The van der Waals surface area contributed by atoms with Crippen LogP contribution in [-0.4, -0.2) is 17.1 Å². The molecule has 0 heterocycles. The standard InChI is InChI=1S/C5H10N2O4/c1-2-3-4(5(6)8)11-7(9)10/h4H,2-3H2,1H3,(H2,6,8). The summed E-state index contributed by atoms with van der Waals surface area (Å²) in [6.45, 7) is 1.78. The molecule has 0 bridgehead atoms. The molecule has 1 amide bonds. The van der Waals surface area contributed by atoms with Crippen LogP contribution in [0.3, 0.4) is 0 Å². The predicted molar refractivity (Wildman–Crippen MR) is 36.0 cm³/mol. The summed E-state index contributed by atoms with van der Waals surface area (Å²) < 4.78 is 0. The molecule has 0 spiro atoms. The van der Waals surface area contributed by atoms with E-state index in [2.05, 4.69) is 4.84 Å². The molecule has 0 aliphatic heterocycles. The molecule has 6 heteroatoms. The first-order valence-corrected chi connectivity index (χ1v) is 3.18. The first-order chi connectivity index (χ1) is 5.07. The third-order valence-corrected chi connectivity index (χ3v) is 1.08. The van der Waals surface area contributed by atoms with Crippen molar-refractivity contribution in [2.75, 3.05) is 0 Å². The molecule has 0 aromatic rings. The van der Waals surface area contributed by atoms with E-state index in [0.717, 1.165) is 0 Å². The van der Waals surface area contributed by atoms with Crippen LogP contribution in [-0.2, 0) is 9.63 Å². The van der Waals surface area contributed by atoms with Gasteiger partial charge in [0.2, 0.25) is 5.91 Å². The van der Waals surface area contributed by atoms with E-state index in [-0.39, 0.29) is 6.42 Å². The number of primary amides is 1. The molecule has 11 heavy (non-hydrogen) atoms. The third kappa shape index (κ3) is 4.12. The molecule has 0 saturated carbocycles.